The maximum absolute atomic E-state index is 6.14. The fraction of sp³-hybridized carbons (Fsp3) is 0.312. The van der Waals surface area contributed by atoms with Crippen molar-refractivity contribution in [1.29, 1.82) is 0 Å². The number of hydrogen-bond acceptors (Lipinski definition) is 3. The molecular weight excluding hydrogens is 264 g/mol. The molecule has 1 atom stereocenters. The minimum absolute atomic E-state index is 0.125. The molecule has 0 amide bonds. The number of anilines is 1. The van der Waals surface area contributed by atoms with Crippen molar-refractivity contribution in [2.75, 3.05) is 12.3 Å². The lowest BCUT2D eigenvalue weighted by Gasteiger charge is -2.24. The molecule has 21 heavy (non-hydrogen) atoms. The maximum Gasteiger partial charge on any atom is 0.0978 e. The Morgan fingerprint density at radius 3 is 3.05 bits per heavy atom. The molecule has 2 aromatic heterocycles. The van der Waals surface area contributed by atoms with E-state index in [9.17, 15) is 0 Å². The van der Waals surface area contributed by atoms with Gasteiger partial charge in [0.25, 0.3) is 0 Å². The van der Waals surface area contributed by atoms with E-state index >= 15 is 0 Å². The third kappa shape index (κ3) is 2.01. The minimum atomic E-state index is 0.125. The van der Waals surface area contributed by atoms with Gasteiger partial charge in [-0.15, -0.1) is 0 Å². The maximum atomic E-state index is 6.14. The van der Waals surface area contributed by atoms with Crippen LogP contribution >= 0.6 is 0 Å². The van der Waals surface area contributed by atoms with Crippen molar-refractivity contribution in [2.24, 2.45) is 0 Å². The molecule has 3 aromatic rings. The van der Waals surface area contributed by atoms with Crippen LogP contribution in [0.5, 0.6) is 0 Å². The van der Waals surface area contributed by atoms with Gasteiger partial charge in [0.05, 0.1) is 29.2 Å². The second-order valence-corrected chi connectivity index (χ2v) is 5.50. The Morgan fingerprint density at radius 2 is 2.29 bits per heavy atom. The molecule has 3 heterocycles. The molecule has 0 saturated carbocycles. The predicted octanol–water partition coefficient (Wildman–Crippen LogP) is 3.18. The van der Waals surface area contributed by atoms with Crippen LogP contribution in [0, 0.1) is 0 Å². The second-order valence-electron chi connectivity index (χ2n) is 5.50. The summed E-state index contributed by atoms with van der Waals surface area (Å²) in [5.41, 5.74) is 10.2. The number of aromatic nitrogens is 3. The third-order valence-electron chi connectivity index (χ3n) is 4.16. The molecule has 4 rings (SSSR count). The molecule has 1 unspecified atom stereocenters. The van der Waals surface area contributed by atoms with Crippen molar-refractivity contribution in [3.63, 3.8) is 0 Å². The molecule has 0 spiro atoms. The van der Waals surface area contributed by atoms with Gasteiger partial charge >= 0.3 is 0 Å². The van der Waals surface area contributed by atoms with E-state index in [1.807, 2.05) is 24.5 Å². The van der Waals surface area contributed by atoms with E-state index in [1.54, 1.807) is 0 Å². The first-order valence-corrected chi connectivity index (χ1v) is 7.35. The van der Waals surface area contributed by atoms with Crippen LogP contribution in [0.15, 0.2) is 36.7 Å². The van der Waals surface area contributed by atoms with Crippen molar-refractivity contribution < 1.29 is 4.74 Å². The van der Waals surface area contributed by atoms with Crippen LogP contribution < -0.4 is 5.73 Å². The summed E-state index contributed by atoms with van der Waals surface area (Å²) in [7, 11) is 0. The lowest BCUT2D eigenvalue weighted by molar-refractivity contribution is 0.0116. The number of rotatable bonds is 2. The molecular formula is C16H18N4O. The number of nitrogens with zero attached hydrogens (tertiary/aromatic N) is 2. The van der Waals surface area contributed by atoms with E-state index in [2.05, 4.69) is 26.9 Å². The summed E-state index contributed by atoms with van der Waals surface area (Å²) < 4.78 is 8.18. The normalized spacial score (nSPS) is 19.1. The topological polar surface area (TPSA) is 68.9 Å². The van der Waals surface area contributed by atoms with E-state index in [-0.39, 0.29) is 6.10 Å². The lowest BCUT2D eigenvalue weighted by Crippen LogP contribution is -2.14. The van der Waals surface area contributed by atoms with Gasteiger partial charge in [0.15, 0.2) is 0 Å². The van der Waals surface area contributed by atoms with Crippen molar-refractivity contribution in [3.05, 3.63) is 42.4 Å². The van der Waals surface area contributed by atoms with Crippen LogP contribution in [-0.4, -0.2) is 21.4 Å². The zero-order valence-corrected chi connectivity index (χ0v) is 11.7. The van der Waals surface area contributed by atoms with Gasteiger partial charge in [-0.3, -0.25) is 5.10 Å². The molecule has 1 aliphatic heterocycles. The molecule has 108 valence electrons. The molecule has 1 saturated heterocycles. The Bertz CT molecular complexity index is 754. The average molecular weight is 282 g/mol. The molecule has 3 N–H and O–H groups in total. The number of nitrogens with one attached hydrogen (secondary N) is 1. The largest absolute Gasteiger partial charge is 0.398 e. The summed E-state index contributed by atoms with van der Waals surface area (Å²) >= 11 is 0. The van der Waals surface area contributed by atoms with E-state index in [0.29, 0.717) is 0 Å². The van der Waals surface area contributed by atoms with E-state index in [4.69, 9.17) is 10.5 Å². The summed E-state index contributed by atoms with van der Waals surface area (Å²) in [6.07, 6.45) is 7.25. The predicted molar refractivity (Wildman–Crippen MR) is 82.4 cm³/mol. The van der Waals surface area contributed by atoms with E-state index in [1.165, 1.54) is 6.42 Å². The van der Waals surface area contributed by atoms with Crippen LogP contribution in [0.2, 0.25) is 0 Å². The number of nitrogens with two attached hydrogens (primary N) is 1. The number of nitrogen functional groups attached to an aromatic ring is 1. The molecule has 1 aliphatic rings. The SMILES string of the molecule is Nc1cccc2c1cc(C1CCCCO1)n2-c1cn[nH]c1. The van der Waals surface area contributed by atoms with Crippen LogP contribution in [0.25, 0.3) is 16.6 Å². The molecule has 0 aliphatic carbocycles. The summed E-state index contributed by atoms with van der Waals surface area (Å²) in [5.74, 6) is 0. The monoisotopic (exact) mass is 282 g/mol. The standard InChI is InChI=1S/C16H18N4O/c17-13-4-3-5-14-12(13)8-15(16-6-1-2-7-21-16)20(14)11-9-18-19-10-11/h3-5,8-10,16H,1-2,6-7,17H2,(H,18,19). The van der Waals surface area contributed by atoms with Gasteiger partial charge in [0, 0.05) is 23.9 Å². The lowest BCUT2D eigenvalue weighted by atomic mass is 10.1. The molecule has 5 nitrogen and oxygen atoms in total. The first-order chi connectivity index (χ1) is 10.3. The third-order valence-corrected chi connectivity index (χ3v) is 4.16. The smallest absolute Gasteiger partial charge is 0.0978 e. The van der Waals surface area contributed by atoms with Gasteiger partial charge < -0.3 is 15.0 Å². The van der Waals surface area contributed by atoms with Gasteiger partial charge in [0.1, 0.15) is 0 Å². The Labute approximate surface area is 122 Å². The average Bonchev–Trinajstić information content (AvgIpc) is 3.15. The van der Waals surface area contributed by atoms with E-state index < -0.39 is 0 Å². The molecule has 5 heteroatoms. The van der Waals surface area contributed by atoms with Crippen LogP contribution in [0.3, 0.4) is 0 Å². The zero-order chi connectivity index (χ0) is 14.2. The number of ether oxygens (including phenoxy) is 1. The molecule has 1 aromatic carbocycles. The van der Waals surface area contributed by atoms with Gasteiger partial charge in [0.2, 0.25) is 0 Å². The first kappa shape index (κ1) is 12.5. The second kappa shape index (κ2) is 4.93. The number of H-pyrrole nitrogens is 1. The molecule has 1 fully saturated rings. The quantitative estimate of drug-likeness (QED) is 0.709. The van der Waals surface area contributed by atoms with E-state index in [0.717, 1.165) is 47.4 Å². The molecule has 0 bridgehead atoms. The van der Waals surface area contributed by atoms with Crippen molar-refractivity contribution in [2.45, 2.75) is 25.4 Å². The Kier molecular flexibility index (Phi) is 2.93. The number of benzene rings is 1. The summed E-state index contributed by atoms with van der Waals surface area (Å²) in [6.45, 7) is 0.826. The first-order valence-electron chi connectivity index (χ1n) is 7.35. The van der Waals surface area contributed by atoms with Crippen LogP contribution in [0.4, 0.5) is 5.69 Å². The summed E-state index contributed by atoms with van der Waals surface area (Å²) in [5, 5.41) is 8.03. The van der Waals surface area contributed by atoms with Gasteiger partial charge in [-0.2, -0.15) is 5.10 Å². The van der Waals surface area contributed by atoms with Gasteiger partial charge in [-0.05, 0) is 37.5 Å². The fourth-order valence-electron chi connectivity index (χ4n) is 3.14. The number of fused-ring (bicyclic) bond motifs is 1. The highest BCUT2D eigenvalue weighted by atomic mass is 16.5. The zero-order valence-electron chi connectivity index (χ0n) is 11.7. The summed E-state index contributed by atoms with van der Waals surface area (Å²) in [4.78, 5) is 0. The summed E-state index contributed by atoms with van der Waals surface area (Å²) in [6, 6.07) is 8.17. The van der Waals surface area contributed by atoms with Crippen molar-refractivity contribution >= 4 is 16.6 Å². The van der Waals surface area contributed by atoms with Crippen molar-refractivity contribution in [3.8, 4) is 5.69 Å². The van der Waals surface area contributed by atoms with Crippen LogP contribution in [0.1, 0.15) is 31.1 Å². The Morgan fingerprint density at radius 1 is 1.33 bits per heavy atom. The minimum Gasteiger partial charge on any atom is -0.398 e. The molecule has 0 radical (unpaired) electrons. The highest BCUT2D eigenvalue weighted by molar-refractivity contribution is 5.93. The van der Waals surface area contributed by atoms with Gasteiger partial charge in [-0.25, -0.2) is 0 Å². The highest BCUT2D eigenvalue weighted by Gasteiger charge is 2.23. The van der Waals surface area contributed by atoms with Crippen LogP contribution in [-0.2, 0) is 4.74 Å². The van der Waals surface area contributed by atoms with Crippen molar-refractivity contribution in [1.82, 2.24) is 14.8 Å². The Balaban J connectivity index is 1.96. The Hall–Kier alpha value is -2.27. The fourth-order valence-corrected chi connectivity index (χ4v) is 3.14. The van der Waals surface area contributed by atoms with Gasteiger partial charge in [-0.1, -0.05) is 6.07 Å². The highest BCUT2D eigenvalue weighted by Crippen LogP contribution is 2.35. The number of aromatic amines is 1. The number of hydrogen-bond donors (Lipinski definition) is 2.